The van der Waals surface area contributed by atoms with E-state index < -0.39 is 23.7 Å². The lowest BCUT2D eigenvalue weighted by molar-refractivity contribution is -0.123. The molecule has 1 unspecified atom stereocenters. The molecular formula is C22H17FN4O3S. The highest BCUT2D eigenvalue weighted by Gasteiger charge is 2.36. The van der Waals surface area contributed by atoms with Crippen molar-refractivity contribution in [3.63, 3.8) is 0 Å². The van der Waals surface area contributed by atoms with Gasteiger partial charge in [-0.15, -0.1) is 5.10 Å². The summed E-state index contributed by atoms with van der Waals surface area (Å²) in [6.45, 7) is 0.264. The first-order valence-corrected chi connectivity index (χ1v) is 10.2. The van der Waals surface area contributed by atoms with Crippen molar-refractivity contribution in [2.24, 2.45) is 0 Å². The number of hydrogen-bond donors (Lipinski definition) is 1. The molecule has 1 N–H and O–H groups in total. The summed E-state index contributed by atoms with van der Waals surface area (Å²) < 4.78 is 22.8. The van der Waals surface area contributed by atoms with E-state index in [1.807, 2.05) is 30.3 Å². The number of benzene rings is 2. The molecule has 0 radical (unpaired) electrons. The Bertz CT molecular complexity index is 1130. The fourth-order valence-electron chi connectivity index (χ4n) is 3.07. The topological polar surface area (TPSA) is 88.3 Å². The highest BCUT2D eigenvalue weighted by molar-refractivity contribution is 7.03. The van der Waals surface area contributed by atoms with E-state index in [1.54, 1.807) is 12.1 Å². The lowest BCUT2D eigenvalue weighted by atomic mass is 10.1. The predicted molar refractivity (Wildman–Crippen MR) is 113 cm³/mol. The van der Waals surface area contributed by atoms with Crippen LogP contribution in [0.5, 0.6) is 0 Å². The Morgan fingerprint density at radius 1 is 1.06 bits per heavy atom. The number of rotatable bonds is 7. The van der Waals surface area contributed by atoms with Crippen LogP contribution < -0.4 is 10.2 Å². The van der Waals surface area contributed by atoms with Gasteiger partial charge in [-0.2, -0.15) is 0 Å². The van der Waals surface area contributed by atoms with Gasteiger partial charge in [0.25, 0.3) is 11.8 Å². The van der Waals surface area contributed by atoms with E-state index in [9.17, 15) is 14.0 Å². The first-order valence-electron chi connectivity index (χ1n) is 9.34. The second kappa shape index (κ2) is 9.31. The molecule has 0 bridgehead atoms. The number of anilines is 1. The number of carbonyl (C=O) groups excluding carboxylic acids is 2. The molecule has 2 aromatic heterocycles. The van der Waals surface area contributed by atoms with Crippen molar-refractivity contribution in [1.82, 2.24) is 14.9 Å². The molecule has 9 heteroatoms. The lowest BCUT2D eigenvalue weighted by Gasteiger charge is -2.29. The van der Waals surface area contributed by atoms with Crippen LogP contribution in [0.25, 0.3) is 0 Å². The smallest absolute Gasteiger partial charge is 0.280 e. The number of amides is 2. The fraction of sp³-hybridized carbons (Fsp3) is 0.0909. The van der Waals surface area contributed by atoms with Crippen molar-refractivity contribution < 1.29 is 18.4 Å². The standard InChI is InChI=1S/C22H17FN4O3S/c23-16-8-10-17(11-9-16)27(22(29)18-14-31-26-25-18)20(19-7-4-12-30-19)21(28)24-13-15-5-2-1-3-6-15/h1-12,14,20H,13H2,(H,24,28). The number of hydrogen-bond acceptors (Lipinski definition) is 6. The molecule has 0 saturated carbocycles. The van der Waals surface area contributed by atoms with E-state index in [0.717, 1.165) is 17.1 Å². The number of nitrogens with zero attached hydrogens (tertiary/aromatic N) is 3. The van der Waals surface area contributed by atoms with Crippen molar-refractivity contribution in [3.8, 4) is 0 Å². The average molecular weight is 436 g/mol. The minimum Gasteiger partial charge on any atom is -0.467 e. The summed E-state index contributed by atoms with van der Waals surface area (Å²) in [6, 6.07) is 16.8. The number of halogens is 1. The molecular weight excluding hydrogens is 419 g/mol. The van der Waals surface area contributed by atoms with Crippen LogP contribution in [0.4, 0.5) is 10.1 Å². The maximum atomic E-state index is 13.5. The van der Waals surface area contributed by atoms with Crippen molar-refractivity contribution in [2.75, 3.05) is 4.90 Å². The summed E-state index contributed by atoms with van der Waals surface area (Å²) in [6.07, 6.45) is 1.42. The van der Waals surface area contributed by atoms with Crippen LogP contribution in [0.2, 0.25) is 0 Å². The zero-order valence-corrected chi connectivity index (χ0v) is 17.0. The van der Waals surface area contributed by atoms with E-state index in [2.05, 4.69) is 14.9 Å². The number of aromatic nitrogens is 2. The summed E-state index contributed by atoms with van der Waals surface area (Å²) in [5, 5.41) is 8.17. The van der Waals surface area contributed by atoms with Crippen LogP contribution in [-0.2, 0) is 11.3 Å². The Kier molecular flexibility index (Phi) is 6.13. The summed E-state index contributed by atoms with van der Waals surface area (Å²) in [5.74, 6) is -1.22. The van der Waals surface area contributed by atoms with Gasteiger partial charge < -0.3 is 9.73 Å². The monoisotopic (exact) mass is 436 g/mol. The highest BCUT2D eigenvalue weighted by Crippen LogP contribution is 2.30. The van der Waals surface area contributed by atoms with E-state index >= 15 is 0 Å². The predicted octanol–water partition coefficient (Wildman–Crippen LogP) is 3.97. The lowest BCUT2D eigenvalue weighted by Crippen LogP contribution is -2.44. The summed E-state index contributed by atoms with van der Waals surface area (Å²) in [4.78, 5) is 27.9. The number of nitrogens with one attached hydrogen (secondary N) is 1. The van der Waals surface area contributed by atoms with Gasteiger partial charge in [0, 0.05) is 17.6 Å². The van der Waals surface area contributed by atoms with Gasteiger partial charge in [-0.1, -0.05) is 34.8 Å². The Hall–Kier alpha value is -3.85. The zero-order valence-electron chi connectivity index (χ0n) is 16.1. The molecule has 2 heterocycles. The van der Waals surface area contributed by atoms with Crippen molar-refractivity contribution >= 4 is 29.0 Å². The molecule has 0 aliphatic heterocycles. The first-order chi connectivity index (χ1) is 15.1. The molecule has 0 saturated heterocycles. The molecule has 0 spiro atoms. The van der Waals surface area contributed by atoms with Crippen LogP contribution >= 0.6 is 11.5 Å². The Morgan fingerprint density at radius 3 is 2.48 bits per heavy atom. The van der Waals surface area contributed by atoms with Crippen LogP contribution in [0.15, 0.2) is 82.8 Å². The number of furan rings is 1. The van der Waals surface area contributed by atoms with Gasteiger partial charge in [0.15, 0.2) is 11.7 Å². The third kappa shape index (κ3) is 4.67. The largest absolute Gasteiger partial charge is 0.467 e. The molecule has 0 fully saturated rings. The third-order valence-electron chi connectivity index (χ3n) is 4.53. The summed E-state index contributed by atoms with van der Waals surface area (Å²) in [7, 11) is 0. The molecule has 1 atom stereocenters. The van der Waals surface area contributed by atoms with E-state index in [4.69, 9.17) is 4.42 Å². The van der Waals surface area contributed by atoms with Crippen LogP contribution in [-0.4, -0.2) is 21.4 Å². The van der Waals surface area contributed by atoms with Crippen molar-refractivity contribution in [3.05, 3.63) is 101 Å². The second-order valence-corrected chi connectivity index (χ2v) is 7.17. The van der Waals surface area contributed by atoms with Crippen molar-refractivity contribution in [1.29, 1.82) is 0 Å². The minimum atomic E-state index is -1.14. The molecule has 7 nitrogen and oxygen atoms in total. The van der Waals surface area contributed by atoms with Gasteiger partial charge in [0.2, 0.25) is 0 Å². The van der Waals surface area contributed by atoms with Gasteiger partial charge in [-0.3, -0.25) is 14.5 Å². The molecule has 4 rings (SSSR count). The second-order valence-electron chi connectivity index (χ2n) is 6.56. The van der Waals surface area contributed by atoms with Gasteiger partial charge in [0.05, 0.1) is 6.26 Å². The Morgan fingerprint density at radius 2 is 1.84 bits per heavy atom. The molecule has 156 valence electrons. The first kappa shape index (κ1) is 20.4. The number of carbonyl (C=O) groups is 2. The van der Waals surface area contributed by atoms with Gasteiger partial charge in [-0.05, 0) is 53.5 Å². The fourth-order valence-corrected chi connectivity index (χ4v) is 3.50. The maximum Gasteiger partial charge on any atom is 0.280 e. The SMILES string of the molecule is O=C(NCc1ccccc1)C(c1ccco1)N(C(=O)c1csnn1)c1ccc(F)cc1. The zero-order chi connectivity index (χ0) is 21.6. The molecule has 0 aliphatic rings. The Balaban J connectivity index is 1.72. The van der Waals surface area contributed by atoms with Crippen LogP contribution in [0.3, 0.4) is 0 Å². The minimum absolute atomic E-state index is 0.0711. The maximum absolute atomic E-state index is 13.5. The van der Waals surface area contributed by atoms with Gasteiger partial charge in [-0.25, -0.2) is 4.39 Å². The van der Waals surface area contributed by atoms with Gasteiger partial charge in [0.1, 0.15) is 11.6 Å². The van der Waals surface area contributed by atoms with E-state index in [0.29, 0.717) is 5.69 Å². The molecule has 31 heavy (non-hydrogen) atoms. The third-order valence-corrected chi connectivity index (χ3v) is 5.04. The molecule has 4 aromatic rings. The van der Waals surface area contributed by atoms with E-state index in [-0.39, 0.29) is 18.0 Å². The van der Waals surface area contributed by atoms with Crippen LogP contribution in [0.1, 0.15) is 27.9 Å². The average Bonchev–Trinajstić information content (AvgIpc) is 3.51. The summed E-state index contributed by atoms with van der Waals surface area (Å²) in [5.41, 5.74) is 1.29. The van der Waals surface area contributed by atoms with Crippen molar-refractivity contribution in [2.45, 2.75) is 12.6 Å². The normalized spacial score (nSPS) is 11.6. The van der Waals surface area contributed by atoms with E-state index in [1.165, 1.54) is 40.8 Å². The van der Waals surface area contributed by atoms with Crippen LogP contribution in [0, 0.1) is 5.82 Å². The highest BCUT2D eigenvalue weighted by atomic mass is 32.1. The quantitative estimate of drug-likeness (QED) is 0.474. The molecule has 0 aliphatic carbocycles. The molecule has 2 amide bonds. The summed E-state index contributed by atoms with van der Waals surface area (Å²) >= 11 is 1.02. The molecule has 2 aromatic carbocycles. The Labute approximate surface area is 181 Å². The van der Waals surface area contributed by atoms with Gasteiger partial charge >= 0.3 is 0 Å².